The van der Waals surface area contributed by atoms with E-state index in [2.05, 4.69) is 24.2 Å². The molecule has 3 heteroatoms. The van der Waals surface area contributed by atoms with Gasteiger partial charge in [-0.3, -0.25) is 4.90 Å². The van der Waals surface area contributed by atoms with Crippen molar-refractivity contribution in [1.29, 1.82) is 0 Å². The van der Waals surface area contributed by atoms with Crippen molar-refractivity contribution in [2.45, 2.75) is 51.1 Å². The zero-order valence-corrected chi connectivity index (χ0v) is 11.5. The van der Waals surface area contributed by atoms with Crippen LogP contribution in [0.1, 0.15) is 39.0 Å². The molecule has 100 valence electrons. The van der Waals surface area contributed by atoms with Crippen LogP contribution in [0.25, 0.3) is 0 Å². The maximum atomic E-state index is 5.45. The molecule has 2 unspecified atom stereocenters. The molecule has 2 aliphatic rings. The van der Waals surface area contributed by atoms with E-state index in [0.717, 1.165) is 25.2 Å². The number of likely N-dealkylation sites (N-methyl/N-ethyl adjacent to an activating group) is 1. The Morgan fingerprint density at radius 2 is 2.00 bits per heavy atom. The van der Waals surface area contributed by atoms with Gasteiger partial charge in [-0.25, -0.2) is 0 Å². The lowest BCUT2D eigenvalue weighted by atomic mass is 9.93. The summed E-state index contributed by atoms with van der Waals surface area (Å²) in [4.78, 5) is 2.74. The van der Waals surface area contributed by atoms with E-state index in [1.165, 1.54) is 45.2 Å². The molecule has 3 nitrogen and oxygen atoms in total. The molecular weight excluding hydrogens is 212 g/mol. The summed E-state index contributed by atoms with van der Waals surface area (Å²) in [6, 6.07) is 1.37. The third-order valence-electron chi connectivity index (χ3n) is 4.53. The van der Waals surface area contributed by atoms with Crippen molar-refractivity contribution in [2.24, 2.45) is 5.92 Å². The Morgan fingerprint density at radius 3 is 2.71 bits per heavy atom. The minimum absolute atomic E-state index is 0.621. The average Bonchev–Trinajstić information content (AvgIpc) is 2.40. The number of likely N-dealkylation sites (tertiary alicyclic amines) is 1. The lowest BCUT2D eigenvalue weighted by Crippen LogP contribution is -2.51. The third kappa shape index (κ3) is 3.67. The summed E-state index contributed by atoms with van der Waals surface area (Å²) >= 11 is 0. The zero-order chi connectivity index (χ0) is 12.1. The van der Waals surface area contributed by atoms with Crippen molar-refractivity contribution in [2.75, 3.05) is 33.4 Å². The van der Waals surface area contributed by atoms with Crippen molar-refractivity contribution < 1.29 is 4.74 Å². The minimum atomic E-state index is 0.621. The molecule has 17 heavy (non-hydrogen) atoms. The molecule has 2 fully saturated rings. The molecule has 0 bridgehead atoms. The molecule has 1 N–H and O–H groups in total. The highest BCUT2D eigenvalue weighted by molar-refractivity contribution is 4.85. The van der Waals surface area contributed by atoms with E-state index in [1.807, 2.05) is 0 Å². The lowest BCUT2D eigenvalue weighted by molar-refractivity contribution is 0.0337. The second-order valence-corrected chi connectivity index (χ2v) is 5.69. The van der Waals surface area contributed by atoms with Gasteiger partial charge in [0.25, 0.3) is 0 Å². The monoisotopic (exact) mass is 240 g/mol. The summed E-state index contributed by atoms with van der Waals surface area (Å²) in [5, 5.41) is 3.44. The van der Waals surface area contributed by atoms with Crippen LogP contribution in [-0.4, -0.2) is 50.3 Å². The van der Waals surface area contributed by atoms with E-state index >= 15 is 0 Å². The number of nitrogens with one attached hydrogen (secondary N) is 1. The SMILES string of the molecule is CNC(C)C1CCCCN1CC1CCOCC1. The predicted octanol–water partition coefficient (Wildman–Crippen LogP) is 1.88. The van der Waals surface area contributed by atoms with Crippen LogP contribution in [-0.2, 0) is 4.74 Å². The molecule has 0 saturated carbocycles. The van der Waals surface area contributed by atoms with E-state index in [9.17, 15) is 0 Å². The molecule has 2 heterocycles. The van der Waals surface area contributed by atoms with Gasteiger partial charge in [0.15, 0.2) is 0 Å². The van der Waals surface area contributed by atoms with Gasteiger partial charge in [-0.15, -0.1) is 0 Å². The maximum Gasteiger partial charge on any atom is 0.0469 e. The molecule has 2 saturated heterocycles. The van der Waals surface area contributed by atoms with Crippen LogP contribution in [0.4, 0.5) is 0 Å². The Kier molecular flexibility index (Phi) is 5.26. The van der Waals surface area contributed by atoms with E-state index in [1.54, 1.807) is 0 Å². The van der Waals surface area contributed by atoms with Crippen molar-refractivity contribution in [3.05, 3.63) is 0 Å². The van der Waals surface area contributed by atoms with Gasteiger partial charge in [0, 0.05) is 31.8 Å². The molecule has 0 spiro atoms. The maximum absolute atomic E-state index is 5.45. The first kappa shape index (κ1) is 13.3. The predicted molar refractivity (Wildman–Crippen MR) is 71.3 cm³/mol. The van der Waals surface area contributed by atoms with E-state index in [-0.39, 0.29) is 0 Å². The number of rotatable bonds is 4. The van der Waals surface area contributed by atoms with Crippen LogP contribution in [0, 0.1) is 5.92 Å². The molecule has 2 aliphatic heterocycles. The summed E-state index contributed by atoms with van der Waals surface area (Å²) in [5.41, 5.74) is 0. The van der Waals surface area contributed by atoms with Gasteiger partial charge in [0.1, 0.15) is 0 Å². The Hall–Kier alpha value is -0.120. The second kappa shape index (κ2) is 6.72. The van der Waals surface area contributed by atoms with Gasteiger partial charge in [0.2, 0.25) is 0 Å². The summed E-state index contributed by atoms with van der Waals surface area (Å²) in [6.45, 7) is 6.87. The fourth-order valence-corrected chi connectivity index (χ4v) is 3.26. The Morgan fingerprint density at radius 1 is 1.24 bits per heavy atom. The van der Waals surface area contributed by atoms with Crippen molar-refractivity contribution >= 4 is 0 Å². The van der Waals surface area contributed by atoms with Crippen molar-refractivity contribution in [1.82, 2.24) is 10.2 Å². The Bertz CT molecular complexity index is 216. The summed E-state index contributed by atoms with van der Waals surface area (Å²) < 4.78 is 5.45. The van der Waals surface area contributed by atoms with Crippen LogP contribution >= 0.6 is 0 Å². The number of nitrogens with zero attached hydrogens (tertiary/aromatic N) is 1. The zero-order valence-electron chi connectivity index (χ0n) is 11.5. The van der Waals surface area contributed by atoms with Gasteiger partial charge in [-0.05, 0) is 52.1 Å². The standard InChI is InChI=1S/C14H28N2O/c1-12(15-2)14-5-3-4-8-16(14)11-13-6-9-17-10-7-13/h12-15H,3-11H2,1-2H3. The normalized spacial score (nSPS) is 30.4. The number of ether oxygens (including phenoxy) is 1. The third-order valence-corrected chi connectivity index (χ3v) is 4.53. The van der Waals surface area contributed by atoms with Gasteiger partial charge in [0.05, 0.1) is 0 Å². The molecule has 0 radical (unpaired) electrons. The summed E-state index contributed by atoms with van der Waals surface area (Å²) in [7, 11) is 2.09. The highest BCUT2D eigenvalue weighted by atomic mass is 16.5. The number of hydrogen-bond acceptors (Lipinski definition) is 3. The van der Waals surface area contributed by atoms with Crippen LogP contribution < -0.4 is 5.32 Å². The van der Waals surface area contributed by atoms with Crippen LogP contribution in [0.15, 0.2) is 0 Å². The minimum Gasteiger partial charge on any atom is -0.381 e. The van der Waals surface area contributed by atoms with E-state index in [4.69, 9.17) is 4.74 Å². The smallest absolute Gasteiger partial charge is 0.0469 e. The Balaban J connectivity index is 1.86. The summed E-state index contributed by atoms with van der Waals surface area (Å²) in [5.74, 6) is 0.869. The van der Waals surface area contributed by atoms with Gasteiger partial charge in [-0.1, -0.05) is 6.42 Å². The fourth-order valence-electron chi connectivity index (χ4n) is 3.26. The quantitative estimate of drug-likeness (QED) is 0.812. The van der Waals surface area contributed by atoms with Crippen molar-refractivity contribution in [3.8, 4) is 0 Å². The lowest BCUT2D eigenvalue weighted by Gasteiger charge is -2.41. The molecule has 0 aromatic rings. The van der Waals surface area contributed by atoms with Gasteiger partial charge < -0.3 is 10.1 Å². The topological polar surface area (TPSA) is 24.5 Å². The highest BCUT2D eigenvalue weighted by Gasteiger charge is 2.28. The molecule has 0 aliphatic carbocycles. The van der Waals surface area contributed by atoms with E-state index < -0.39 is 0 Å². The fraction of sp³-hybridized carbons (Fsp3) is 1.00. The van der Waals surface area contributed by atoms with Gasteiger partial charge >= 0.3 is 0 Å². The Labute approximate surface area is 106 Å². The molecule has 2 atom stereocenters. The van der Waals surface area contributed by atoms with Crippen LogP contribution in [0.5, 0.6) is 0 Å². The van der Waals surface area contributed by atoms with Crippen LogP contribution in [0.3, 0.4) is 0 Å². The van der Waals surface area contributed by atoms with E-state index in [0.29, 0.717) is 6.04 Å². The number of hydrogen-bond donors (Lipinski definition) is 1. The molecule has 2 rings (SSSR count). The molecule has 0 amide bonds. The first-order chi connectivity index (χ1) is 8.31. The highest BCUT2D eigenvalue weighted by Crippen LogP contribution is 2.24. The van der Waals surface area contributed by atoms with Crippen molar-refractivity contribution in [3.63, 3.8) is 0 Å². The largest absolute Gasteiger partial charge is 0.381 e. The molecular formula is C14H28N2O. The number of piperidine rings is 1. The first-order valence-corrected chi connectivity index (χ1v) is 7.30. The van der Waals surface area contributed by atoms with Crippen LogP contribution in [0.2, 0.25) is 0 Å². The molecule has 0 aromatic carbocycles. The van der Waals surface area contributed by atoms with Gasteiger partial charge in [-0.2, -0.15) is 0 Å². The average molecular weight is 240 g/mol. The first-order valence-electron chi connectivity index (χ1n) is 7.30. The summed E-state index contributed by atoms with van der Waals surface area (Å²) in [6.07, 6.45) is 6.68. The molecule has 0 aromatic heterocycles. The second-order valence-electron chi connectivity index (χ2n) is 5.69.